The second-order valence-electron chi connectivity index (χ2n) is 6.18. The van der Waals surface area contributed by atoms with Crippen molar-refractivity contribution >= 4 is 28.5 Å². The van der Waals surface area contributed by atoms with Gasteiger partial charge in [-0.15, -0.1) is 0 Å². The van der Waals surface area contributed by atoms with Crippen LogP contribution in [0.2, 0.25) is 5.02 Å². The number of rotatable bonds is 3. The summed E-state index contributed by atoms with van der Waals surface area (Å²) in [4.78, 5) is 29.0. The summed E-state index contributed by atoms with van der Waals surface area (Å²) >= 11 is 6.01. The van der Waals surface area contributed by atoms with Crippen LogP contribution in [0.25, 0.3) is 11.0 Å². The minimum atomic E-state index is -0.271. The van der Waals surface area contributed by atoms with Gasteiger partial charge in [0.2, 0.25) is 5.91 Å². The predicted molar refractivity (Wildman–Crippen MR) is 93.4 cm³/mol. The van der Waals surface area contributed by atoms with Gasteiger partial charge in [-0.1, -0.05) is 17.7 Å². The van der Waals surface area contributed by atoms with Crippen LogP contribution in [0.3, 0.4) is 0 Å². The highest BCUT2D eigenvalue weighted by molar-refractivity contribution is 6.30. The number of aryl methyl sites for hydroxylation is 2. The molecular formula is C17H16ClN5O2. The summed E-state index contributed by atoms with van der Waals surface area (Å²) in [5.74, 6) is -0.222. The highest BCUT2D eigenvalue weighted by Crippen LogP contribution is 2.32. The molecule has 1 aliphatic rings. The number of fused-ring (bicyclic) bond motifs is 2. The number of aromatic nitrogens is 4. The first-order chi connectivity index (χ1) is 12.0. The van der Waals surface area contributed by atoms with Gasteiger partial charge in [-0.25, -0.2) is 4.98 Å². The molecule has 0 fully saturated rings. The van der Waals surface area contributed by atoms with Crippen molar-refractivity contribution in [2.45, 2.75) is 25.4 Å². The van der Waals surface area contributed by atoms with Crippen molar-refractivity contribution in [3.8, 4) is 0 Å². The average molecular weight is 358 g/mol. The Morgan fingerprint density at radius 1 is 1.44 bits per heavy atom. The SMILES string of the molecule is Cn1ncc2c(=O)n(CC(=O)NC3CCc4cc(Cl)ccc43)cnc21. The van der Waals surface area contributed by atoms with Crippen LogP contribution < -0.4 is 10.9 Å². The minimum absolute atomic E-state index is 0.0504. The molecule has 0 radical (unpaired) electrons. The van der Waals surface area contributed by atoms with E-state index in [0.29, 0.717) is 16.1 Å². The second kappa shape index (κ2) is 6.00. The van der Waals surface area contributed by atoms with E-state index < -0.39 is 0 Å². The number of carbonyl (C=O) groups excluding carboxylic acids is 1. The molecular weight excluding hydrogens is 342 g/mol. The molecule has 1 atom stereocenters. The van der Waals surface area contributed by atoms with Gasteiger partial charge in [-0.05, 0) is 36.1 Å². The fourth-order valence-electron chi connectivity index (χ4n) is 3.31. The largest absolute Gasteiger partial charge is 0.348 e. The predicted octanol–water partition coefficient (Wildman–Crippen LogP) is 1.59. The molecule has 1 unspecified atom stereocenters. The summed E-state index contributed by atoms with van der Waals surface area (Å²) in [5, 5.41) is 8.12. The Bertz CT molecular complexity index is 1040. The van der Waals surface area contributed by atoms with Crippen LogP contribution in [0.4, 0.5) is 0 Å². The summed E-state index contributed by atoms with van der Waals surface area (Å²) in [6.07, 6.45) is 4.56. The Morgan fingerprint density at radius 3 is 3.12 bits per heavy atom. The number of halogens is 1. The van der Waals surface area contributed by atoms with Gasteiger partial charge in [0, 0.05) is 12.1 Å². The van der Waals surface area contributed by atoms with E-state index in [2.05, 4.69) is 15.4 Å². The number of amides is 1. The number of carbonyl (C=O) groups is 1. The number of hydrogen-bond acceptors (Lipinski definition) is 4. The zero-order valence-corrected chi connectivity index (χ0v) is 14.3. The van der Waals surface area contributed by atoms with E-state index in [1.807, 2.05) is 18.2 Å². The van der Waals surface area contributed by atoms with Gasteiger partial charge < -0.3 is 5.32 Å². The molecule has 1 amide bonds. The van der Waals surface area contributed by atoms with E-state index in [1.165, 1.54) is 21.8 Å². The lowest BCUT2D eigenvalue weighted by atomic mass is 10.1. The standard InChI is InChI=1S/C17H16ClN5O2/c1-22-16-13(7-20-22)17(25)23(9-19-16)8-15(24)21-14-5-2-10-6-11(18)3-4-12(10)14/h3-4,6-7,9,14H,2,5,8H2,1H3,(H,21,24). The molecule has 8 heteroatoms. The fourth-order valence-corrected chi connectivity index (χ4v) is 3.50. The van der Waals surface area contributed by atoms with Crippen LogP contribution in [-0.4, -0.2) is 25.2 Å². The van der Waals surface area contributed by atoms with Crippen LogP contribution in [-0.2, 0) is 24.8 Å². The molecule has 2 heterocycles. The molecule has 128 valence electrons. The third-order valence-corrected chi connectivity index (χ3v) is 4.79. The lowest BCUT2D eigenvalue weighted by Crippen LogP contribution is -2.34. The minimum Gasteiger partial charge on any atom is -0.348 e. The van der Waals surface area contributed by atoms with Crippen molar-refractivity contribution in [2.75, 3.05) is 0 Å². The summed E-state index contributed by atoms with van der Waals surface area (Å²) in [6, 6.07) is 5.67. The van der Waals surface area contributed by atoms with Crippen molar-refractivity contribution in [1.82, 2.24) is 24.6 Å². The first-order valence-electron chi connectivity index (χ1n) is 7.98. The van der Waals surface area contributed by atoms with Gasteiger partial charge in [-0.3, -0.25) is 18.8 Å². The van der Waals surface area contributed by atoms with Crippen molar-refractivity contribution in [2.24, 2.45) is 7.05 Å². The van der Waals surface area contributed by atoms with Gasteiger partial charge in [0.05, 0.1) is 12.2 Å². The summed E-state index contributed by atoms with van der Waals surface area (Å²) < 4.78 is 2.83. The molecule has 4 rings (SSSR count). The summed E-state index contributed by atoms with van der Waals surface area (Å²) in [7, 11) is 1.72. The van der Waals surface area contributed by atoms with Crippen molar-refractivity contribution < 1.29 is 4.79 Å². The Labute approximate surface area is 148 Å². The monoisotopic (exact) mass is 357 g/mol. The van der Waals surface area contributed by atoms with Crippen LogP contribution in [0.5, 0.6) is 0 Å². The molecule has 25 heavy (non-hydrogen) atoms. The number of hydrogen-bond donors (Lipinski definition) is 1. The van der Waals surface area contributed by atoms with Crippen molar-refractivity contribution in [1.29, 1.82) is 0 Å². The van der Waals surface area contributed by atoms with Crippen LogP contribution in [0.1, 0.15) is 23.6 Å². The Kier molecular flexibility index (Phi) is 3.80. The molecule has 1 N–H and O–H groups in total. The van der Waals surface area contributed by atoms with Crippen LogP contribution >= 0.6 is 11.6 Å². The van der Waals surface area contributed by atoms with E-state index in [1.54, 1.807) is 7.05 Å². The Hall–Kier alpha value is -2.67. The highest BCUT2D eigenvalue weighted by atomic mass is 35.5. The lowest BCUT2D eigenvalue weighted by Gasteiger charge is -2.14. The van der Waals surface area contributed by atoms with E-state index >= 15 is 0 Å². The zero-order chi connectivity index (χ0) is 17.6. The van der Waals surface area contributed by atoms with E-state index in [4.69, 9.17) is 11.6 Å². The molecule has 0 spiro atoms. The van der Waals surface area contributed by atoms with Crippen molar-refractivity contribution in [3.05, 3.63) is 57.2 Å². The van der Waals surface area contributed by atoms with E-state index in [-0.39, 0.29) is 24.1 Å². The molecule has 0 bridgehead atoms. The smallest absolute Gasteiger partial charge is 0.264 e. The Morgan fingerprint density at radius 2 is 2.28 bits per heavy atom. The number of nitrogens with zero attached hydrogens (tertiary/aromatic N) is 4. The molecule has 0 aliphatic heterocycles. The van der Waals surface area contributed by atoms with Gasteiger partial charge >= 0.3 is 0 Å². The van der Waals surface area contributed by atoms with Crippen LogP contribution in [0.15, 0.2) is 35.5 Å². The molecule has 7 nitrogen and oxygen atoms in total. The first kappa shape index (κ1) is 15.8. The molecule has 1 aromatic carbocycles. The van der Waals surface area contributed by atoms with E-state index in [0.717, 1.165) is 24.0 Å². The normalized spacial score (nSPS) is 16.2. The van der Waals surface area contributed by atoms with Crippen molar-refractivity contribution in [3.63, 3.8) is 0 Å². The quantitative estimate of drug-likeness (QED) is 0.771. The maximum Gasteiger partial charge on any atom is 0.264 e. The number of benzene rings is 1. The Balaban J connectivity index is 1.52. The third-order valence-electron chi connectivity index (χ3n) is 4.55. The zero-order valence-electron chi connectivity index (χ0n) is 13.6. The maximum atomic E-state index is 12.4. The fraction of sp³-hybridized carbons (Fsp3) is 0.294. The third kappa shape index (κ3) is 2.80. The molecule has 0 saturated carbocycles. The summed E-state index contributed by atoms with van der Waals surface area (Å²) in [6.45, 7) is -0.0733. The van der Waals surface area contributed by atoms with E-state index in [9.17, 15) is 9.59 Å². The topological polar surface area (TPSA) is 81.8 Å². The first-order valence-corrected chi connectivity index (χ1v) is 8.35. The molecule has 0 saturated heterocycles. The lowest BCUT2D eigenvalue weighted by molar-refractivity contribution is -0.122. The van der Waals surface area contributed by atoms with Crippen LogP contribution in [0, 0.1) is 0 Å². The molecule has 1 aliphatic carbocycles. The molecule has 3 aromatic rings. The maximum absolute atomic E-state index is 12.4. The van der Waals surface area contributed by atoms with Gasteiger partial charge in [-0.2, -0.15) is 5.10 Å². The average Bonchev–Trinajstić information content (AvgIpc) is 3.14. The van der Waals surface area contributed by atoms with Gasteiger partial charge in [0.15, 0.2) is 5.65 Å². The summed E-state index contributed by atoms with van der Waals surface area (Å²) in [5.41, 5.74) is 2.48. The second-order valence-corrected chi connectivity index (χ2v) is 6.62. The van der Waals surface area contributed by atoms with Gasteiger partial charge in [0.1, 0.15) is 18.3 Å². The number of nitrogens with one attached hydrogen (secondary N) is 1. The van der Waals surface area contributed by atoms with Gasteiger partial charge in [0.25, 0.3) is 5.56 Å². The molecule has 2 aromatic heterocycles. The highest BCUT2D eigenvalue weighted by Gasteiger charge is 2.24.